The molecule has 1 aliphatic heterocycles. The maximum Gasteiger partial charge on any atom is 0.217 e. The van der Waals surface area contributed by atoms with E-state index in [1.165, 1.54) is 12.8 Å². The smallest absolute Gasteiger partial charge is 0.217 e. The topological polar surface area (TPSA) is 46.3 Å². The second-order valence-corrected chi connectivity index (χ2v) is 4.72. The van der Waals surface area contributed by atoms with Crippen molar-refractivity contribution in [1.82, 2.24) is 3.11 Å². The normalized spacial score (nSPS) is 21.1. The van der Waals surface area contributed by atoms with Gasteiger partial charge in [-0.1, -0.05) is 0 Å². The fourth-order valence-electron chi connectivity index (χ4n) is 1.54. The summed E-state index contributed by atoms with van der Waals surface area (Å²) in [6, 6.07) is 0. The number of piperidine rings is 1. The predicted octanol–water partition coefficient (Wildman–Crippen LogP) is 1.31. The Morgan fingerprint density at radius 1 is 1.50 bits per heavy atom. The van der Waals surface area contributed by atoms with Crippen molar-refractivity contribution in [3.8, 4) is 0 Å². The van der Waals surface area contributed by atoms with Crippen LogP contribution in [-0.4, -0.2) is 22.1 Å². The molecule has 1 amide bonds. The molecule has 0 saturated carbocycles. The largest absolute Gasteiger partial charge is 0.370 e. The summed E-state index contributed by atoms with van der Waals surface area (Å²) in [7, 11) is 0. The van der Waals surface area contributed by atoms with Gasteiger partial charge in [-0.3, -0.25) is 4.79 Å². The zero-order chi connectivity index (χ0) is 8.97. The van der Waals surface area contributed by atoms with E-state index in [2.05, 4.69) is 26.0 Å². The van der Waals surface area contributed by atoms with Crippen LogP contribution in [0.25, 0.3) is 0 Å². The lowest BCUT2D eigenvalue weighted by Crippen LogP contribution is -2.26. The molecule has 0 aromatic carbocycles. The van der Waals surface area contributed by atoms with Gasteiger partial charge in [-0.2, -0.15) is 0 Å². The third kappa shape index (κ3) is 3.71. The van der Waals surface area contributed by atoms with Crippen LogP contribution in [0.1, 0.15) is 25.7 Å². The summed E-state index contributed by atoms with van der Waals surface area (Å²) in [4.78, 5) is 10.5. The van der Waals surface area contributed by atoms with Gasteiger partial charge in [-0.15, -0.1) is 0 Å². The molecule has 1 saturated heterocycles. The Bertz CT molecular complexity index is 155. The maximum atomic E-state index is 10.5. The summed E-state index contributed by atoms with van der Waals surface area (Å²) < 4.78 is 2.30. The highest BCUT2D eigenvalue weighted by Gasteiger charge is 2.17. The van der Waals surface area contributed by atoms with Gasteiger partial charge in [-0.25, -0.2) is 3.11 Å². The quantitative estimate of drug-likeness (QED) is 0.626. The number of halogens is 1. The molecule has 1 aliphatic rings. The molecule has 0 atom stereocenters. The van der Waals surface area contributed by atoms with Gasteiger partial charge in [0, 0.05) is 42.4 Å². The van der Waals surface area contributed by atoms with Crippen LogP contribution in [0.2, 0.25) is 0 Å². The molecule has 0 aliphatic carbocycles. The molecule has 1 heterocycles. The lowest BCUT2D eigenvalue weighted by atomic mass is 9.93. The van der Waals surface area contributed by atoms with E-state index >= 15 is 0 Å². The minimum Gasteiger partial charge on any atom is -0.370 e. The number of nitrogens with zero attached hydrogens (tertiary/aromatic N) is 1. The number of rotatable bonds is 3. The summed E-state index contributed by atoms with van der Waals surface area (Å²) in [5.41, 5.74) is 5.09. The monoisotopic (exact) mass is 282 g/mol. The van der Waals surface area contributed by atoms with Gasteiger partial charge in [-0.05, 0) is 25.2 Å². The van der Waals surface area contributed by atoms with Crippen LogP contribution in [0.5, 0.6) is 0 Å². The predicted molar refractivity (Wildman–Crippen MR) is 56.7 cm³/mol. The number of carbonyl (C=O) groups excluding carboxylic acids is 1. The van der Waals surface area contributed by atoms with E-state index < -0.39 is 0 Å². The molecule has 0 bridgehead atoms. The van der Waals surface area contributed by atoms with E-state index in [1.807, 2.05) is 0 Å². The van der Waals surface area contributed by atoms with Crippen LogP contribution >= 0.6 is 22.9 Å². The number of hydrogen-bond acceptors (Lipinski definition) is 2. The van der Waals surface area contributed by atoms with Crippen molar-refractivity contribution in [2.75, 3.05) is 13.1 Å². The van der Waals surface area contributed by atoms with E-state index in [0.29, 0.717) is 6.42 Å². The van der Waals surface area contributed by atoms with E-state index in [4.69, 9.17) is 5.73 Å². The third-order valence-corrected chi connectivity index (χ3v) is 3.32. The molecular weight excluding hydrogens is 267 g/mol. The lowest BCUT2D eigenvalue weighted by Gasteiger charge is -2.26. The number of nitrogens with two attached hydrogens (primary N) is 1. The van der Waals surface area contributed by atoms with Gasteiger partial charge in [0.05, 0.1) is 0 Å². The first kappa shape index (κ1) is 10.2. The molecule has 0 aromatic rings. The maximum absolute atomic E-state index is 10.5. The molecule has 1 fully saturated rings. The first-order chi connectivity index (χ1) is 5.68. The molecule has 0 spiro atoms. The van der Waals surface area contributed by atoms with Crippen molar-refractivity contribution in [2.24, 2.45) is 11.7 Å². The Morgan fingerprint density at radius 2 is 2.08 bits per heavy atom. The van der Waals surface area contributed by atoms with Gasteiger partial charge in [0.15, 0.2) is 0 Å². The second kappa shape index (κ2) is 5.01. The molecule has 70 valence electrons. The fraction of sp³-hybridized carbons (Fsp3) is 0.875. The molecule has 12 heavy (non-hydrogen) atoms. The first-order valence-electron chi connectivity index (χ1n) is 4.37. The Morgan fingerprint density at radius 3 is 2.58 bits per heavy atom. The van der Waals surface area contributed by atoms with Crippen LogP contribution in [0, 0.1) is 5.92 Å². The molecule has 1 rings (SSSR count). The van der Waals surface area contributed by atoms with E-state index in [1.54, 1.807) is 0 Å². The van der Waals surface area contributed by atoms with Crippen molar-refractivity contribution >= 4 is 28.8 Å². The SMILES string of the molecule is NC(=O)CCC1CCN(I)CC1. The van der Waals surface area contributed by atoms with Crippen molar-refractivity contribution in [3.05, 3.63) is 0 Å². The Labute approximate surface area is 87.2 Å². The summed E-state index contributed by atoms with van der Waals surface area (Å²) in [5, 5.41) is 0. The van der Waals surface area contributed by atoms with Crippen molar-refractivity contribution in [2.45, 2.75) is 25.7 Å². The molecule has 0 unspecified atom stereocenters. The van der Waals surface area contributed by atoms with Crippen LogP contribution in [0.3, 0.4) is 0 Å². The van der Waals surface area contributed by atoms with Crippen LogP contribution in [0.15, 0.2) is 0 Å². The Kier molecular flexibility index (Phi) is 4.28. The third-order valence-electron chi connectivity index (χ3n) is 2.36. The van der Waals surface area contributed by atoms with Gasteiger partial charge in [0.1, 0.15) is 0 Å². The zero-order valence-corrected chi connectivity index (χ0v) is 9.29. The molecule has 4 heteroatoms. The van der Waals surface area contributed by atoms with Crippen molar-refractivity contribution in [3.63, 3.8) is 0 Å². The average molecular weight is 282 g/mol. The van der Waals surface area contributed by atoms with E-state index in [-0.39, 0.29) is 5.91 Å². The highest BCUT2D eigenvalue weighted by atomic mass is 127. The van der Waals surface area contributed by atoms with Gasteiger partial charge in [0.2, 0.25) is 5.91 Å². The second-order valence-electron chi connectivity index (χ2n) is 3.36. The summed E-state index contributed by atoms with van der Waals surface area (Å²) >= 11 is 2.35. The number of hydrogen-bond donors (Lipinski definition) is 1. The molecular formula is C8H15IN2O. The van der Waals surface area contributed by atoms with Crippen LogP contribution in [-0.2, 0) is 4.79 Å². The zero-order valence-electron chi connectivity index (χ0n) is 7.13. The fourth-order valence-corrected chi connectivity index (χ4v) is 2.09. The van der Waals surface area contributed by atoms with Crippen LogP contribution < -0.4 is 5.73 Å². The van der Waals surface area contributed by atoms with E-state index in [9.17, 15) is 4.79 Å². The van der Waals surface area contributed by atoms with Gasteiger partial charge < -0.3 is 5.73 Å². The van der Waals surface area contributed by atoms with E-state index in [0.717, 1.165) is 25.4 Å². The summed E-state index contributed by atoms with van der Waals surface area (Å²) in [5.74, 6) is 0.565. The molecule has 3 nitrogen and oxygen atoms in total. The average Bonchev–Trinajstić information content (AvgIpc) is 2.03. The minimum atomic E-state index is -0.160. The minimum absolute atomic E-state index is 0.160. The molecule has 0 radical (unpaired) electrons. The summed E-state index contributed by atoms with van der Waals surface area (Å²) in [6.45, 7) is 2.31. The Hall–Kier alpha value is 0.160. The van der Waals surface area contributed by atoms with Crippen molar-refractivity contribution < 1.29 is 4.79 Å². The van der Waals surface area contributed by atoms with Gasteiger partial charge in [0.25, 0.3) is 0 Å². The standard InChI is InChI=1S/C8H15IN2O/c9-11-5-3-7(4-6-11)1-2-8(10)12/h7H,1-6H2,(H2,10,12). The lowest BCUT2D eigenvalue weighted by molar-refractivity contribution is -0.118. The number of carbonyl (C=O) groups is 1. The van der Waals surface area contributed by atoms with Gasteiger partial charge >= 0.3 is 0 Å². The van der Waals surface area contributed by atoms with Crippen molar-refractivity contribution in [1.29, 1.82) is 0 Å². The number of primary amides is 1. The number of amides is 1. The highest BCUT2D eigenvalue weighted by molar-refractivity contribution is 14.1. The first-order valence-corrected chi connectivity index (χ1v) is 5.34. The van der Waals surface area contributed by atoms with Crippen LogP contribution in [0.4, 0.5) is 0 Å². The highest BCUT2D eigenvalue weighted by Crippen LogP contribution is 2.23. The molecule has 2 N–H and O–H groups in total. The molecule has 0 aromatic heterocycles. The Balaban J connectivity index is 2.13. The summed E-state index contributed by atoms with van der Waals surface area (Å²) in [6.07, 6.45) is 3.98.